The number of rotatable bonds is 3. The monoisotopic (exact) mass is 208 g/mol. The SMILES string of the molecule is COc1ccc2c(c1OC)CC[C@H]2NN. The zero-order valence-corrected chi connectivity index (χ0v) is 9.04. The molecule has 0 heterocycles. The molecule has 1 aliphatic carbocycles. The largest absolute Gasteiger partial charge is 0.493 e. The van der Waals surface area contributed by atoms with Crippen LogP contribution in [0.3, 0.4) is 0 Å². The van der Waals surface area contributed by atoms with Gasteiger partial charge in [-0.05, 0) is 24.5 Å². The van der Waals surface area contributed by atoms with Crippen LogP contribution in [0.2, 0.25) is 0 Å². The number of ether oxygens (including phenoxy) is 2. The van der Waals surface area contributed by atoms with Crippen LogP contribution in [0.4, 0.5) is 0 Å². The van der Waals surface area contributed by atoms with E-state index in [9.17, 15) is 0 Å². The van der Waals surface area contributed by atoms with Gasteiger partial charge in [-0.1, -0.05) is 6.07 Å². The van der Waals surface area contributed by atoms with E-state index in [2.05, 4.69) is 5.43 Å². The van der Waals surface area contributed by atoms with Crippen LogP contribution in [0.1, 0.15) is 23.6 Å². The fourth-order valence-electron chi connectivity index (χ4n) is 2.21. The highest BCUT2D eigenvalue weighted by Gasteiger charge is 2.26. The number of hydrogen-bond acceptors (Lipinski definition) is 4. The number of benzene rings is 1. The first-order chi connectivity index (χ1) is 7.31. The number of nitrogens with one attached hydrogen (secondary N) is 1. The Kier molecular flexibility index (Phi) is 2.79. The summed E-state index contributed by atoms with van der Waals surface area (Å²) in [5.41, 5.74) is 5.24. The first-order valence-corrected chi connectivity index (χ1v) is 5.01. The molecule has 4 heteroatoms. The fourth-order valence-corrected chi connectivity index (χ4v) is 2.21. The summed E-state index contributed by atoms with van der Waals surface area (Å²) >= 11 is 0. The molecule has 82 valence electrons. The molecule has 0 saturated carbocycles. The maximum Gasteiger partial charge on any atom is 0.164 e. The summed E-state index contributed by atoms with van der Waals surface area (Å²) in [7, 11) is 3.32. The molecule has 1 atom stereocenters. The highest BCUT2D eigenvalue weighted by atomic mass is 16.5. The Morgan fingerprint density at radius 3 is 2.73 bits per heavy atom. The summed E-state index contributed by atoms with van der Waals surface area (Å²) in [4.78, 5) is 0. The Morgan fingerprint density at radius 2 is 2.13 bits per heavy atom. The van der Waals surface area contributed by atoms with Gasteiger partial charge in [-0.2, -0.15) is 0 Å². The first-order valence-electron chi connectivity index (χ1n) is 5.01. The van der Waals surface area contributed by atoms with Crippen molar-refractivity contribution < 1.29 is 9.47 Å². The van der Waals surface area contributed by atoms with Gasteiger partial charge < -0.3 is 9.47 Å². The molecule has 0 radical (unpaired) electrons. The molecule has 3 N–H and O–H groups in total. The molecule has 1 aliphatic rings. The van der Waals surface area contributed by atoms with Crippen molar-refractivity contribution in [3.63, 3.8) is 0 Å². The standard InChI is InChI=1S/C11H16N2O2/c1-14-10-6-4-7-8(11(10)15-2)3-5-9(7)13-12/h4,6,9,13H,3,5,12H2,1-2H3/t9-/m1/s1. The number of hydrazine groups is 1. The van der Waals surface area contributed by atoms with Crippen LogP contribution in [-0.2, 0) is 6.42 Å². The Morgan fingerprint density at radius 1 is 1.33 bits per heavy atom. The van der Waals surface area contributed by atoms with Crippen molar-refractivity contribution >= 4 is 0 Å². The normalized spacial score (nSPS) is 18.7. The predicted molar refractivity (Wildman–Crippen MR) is 57.9 cm³/mol. The van der Waals surface area contributed by atoms with E-state index < -0.39 is 0 Å². The van der Waals surface area contributed by atoms with Gasteiger partial charge in [0.2, 0.25) is 0 Å². The highest BCUT2D eigenvalue weighted by molar-refractivity contribution is 5.53. The minimum absolute atomic E-state index is 0.236. The van der Waals surface area contributed by atoms with Crippen LogP contribution in [-0.4, -0.2) is 14.2 Å². The van der Waals surface area contributed by atoms with E-state index >= 15 is 0 Å². The summed E-state index contributed by atoms with van der Waals surface area (Å²) in [5, 5.41) is 0. The Bertz CT molecular complexity index is 366. The van der Waals surface area contributed by atoms with Crippen LogP contribution in [0.5, 0.6) is 11.5 Å². The van der Waals surface area contributed by atoms with Crippen molar-refractivity contribution in [2.75, 3.05) is 14.2 Å². The lowest BCUT2D eigenvalue weighted by molar-refractivity contribution is 0.352. The van der Waals surface area contributed by atoms with Gasteiger partial charge in [-0.15, -0.1) is 0 Å². The smallest absolute Gasteiger partial charge is 0.164 e. The minimum Gasteiger partial charge on any atom is -0.493 e. The number of nitrogens with two attached hydrogens (primary N) is 1. The molecule has 1 aromatic rings. The quantitative estimate of drug-likeness (QED) is 0.578. The molecule has 15 heavy (non-hydrogen) atoms. The van der Waals surface area contributed by atoms with Crippen molar-refractivity contribution in [2.24, 2.45) is 5.84 Å². The maximum absolute atomic E-state index is 5.49. The van der Waals surface area contributed by atoms with E-state index in [-0.39, 0.29) is 6.04 Å². The van der Waals surface area contributed by atoms with Gasteiger partial charge >= 0.3 is 0 Å². The molecule has 0 saturated heterocycles. The highest BCUT2D eigenvalue weighted by Crippen LogP contribution is 2.41. The molecular weight excluding hydrogens is 192 g/mol. The van der Waals surface area contributed by atoms with E-state index in [0.29, 0.717) is 0 Å². The molecule has 0 spiro atoms. The van der Waals surface area contributed by atoms with E-state index in [1.165, 1.54) is 11.1 Å². The lowest BCUT2D eigenvalue weighted by Gasteiger charge is -2.14. The maximum atomic E-state index is 5.49. The summed E-state index contributed by atoms with van der Waals surface area (Å²) in [6, 6.07) is 4.21. The van der Waals surface area contributed by atoms with Gasteiger partial charge in [0.25, 0.3) is 0 Å². The first kappa shape index (κ1) is 10.3. The third kappa shape index (κ3) is 1.56. The fraction of sp³-hybridized carbons (Fsp3) is 0.455. The van der Waals surface area contributed by atoms with Crippen molar-refractivity contribution in [2.45, 2.75) is 18.9 Å². The molecule has 0 bridgehead atoms. The molecule has 1 aromatic carbocycles. The van der Waals surface area contributed by atoms with Crippen LogP contribution >= 0.6 is 0 Å². The average Bonchev–Trinajstić information content (AvgIpc) is 2.70. The summed E-state index contributed by atoms with van der Waals surface area (Å²) < 4.78 is 10.6. The van der Waals surface area contributed by atoms with Gasteiger partial charge in [-0.3, -0.25) is 11.3 Å². The van der Waals surface area contributed by atoms with Crippen molar-refractivity contribution in [3.05, 3.63) is 23.3 Å². The Labute approximate surface area is 89.3 Å². The second-order valence-electron chi connectivity index (χ2n) is 3.63. The van der Waals surface area contributed by atoms with Gasteiger partial charge in [0.15, 0.2) is 11.5 Å². The molecule has 4 nitrogen and oxygen atoms in total. The minimum atomic E-state index is 0.236. The van der Waals surface area contributed by atoms with Gasteiger partial charge in [0.05, 0.1) is 14.2 Å². The Hall–Kier alpha value is -1.26. The second-order valence-corrected chi connectivity index (χ2v) is 3.63. The molecular formula is C11H16N2O2. The van der Waals surface area contributed by atoms with Crippen LogP contribution in [0, 0.1) is 0 Å². The lowest BCUT2D eigenvalue weighted by Crippen LogP contribution is -2.26. The molecule has 0 aliphatic heterocycles. The van der Waals surface area contributed by atoms with E-state index in [0.717, 1.165) is 24.3 Å². The lowest BCUT2D eigenvalue weighted by atomic mass is 10.1. The number of fused-ring (bicyclic) bond motifs is 1. The van der Waals surface area contributed by atoms with Crippen molar-refractivity contribution in [1.82, 2.24) is 5.43 Å². The van der Waals surface area contributed by atoms with Gasteiger partial charge in [0, 0.05) is 11.6 Å². The average molecular weight is 208 g/mol. The topological polar surface area (TPSA) is 56.5 Å². The summed E-state index contributed by atoms with van der Waals surface area (Å²) in [6.45, 7) is 0. The number of hydrogen-bond donors (Lipinski definition) is 2. The second kappa shape index (κ2) is 4.08. The van der Waals surface area contributed by atoms with Gasteiger partial charge in [0.1, 0.15) is 0 Å². The van der Waals surface area contributed by atoms with Crippen molar-refractivity contribution in [3.8, 4) is 11.5 Å². The van der Waals surface area contributed by atoms with E-state index in [1.54, 1.807) is 14.2 Å². The zero-order valence-electron chi connectivity index (χ0n) is 9.04. The number of methoxy groups -OCH3 is 2. The predicted octanol–water partition coefficient (Wildman–Crippen LogP) is 1.15. The van der Waals surface area contributed by atoms with Crippen LogP contribution in [0.15, 0.2) is 12.1 Å². The van der Waals surface area contributed by atoms with Crippen molar-refractivity contribution in [1.29, 1.82) is 0 Å². The Balaban J connectivity index is 2.48. The third-order valence-electron chi connectivity index (χ3n) is 2.94. The summed E-state index contributed by atoms with van der Waals surface area (Å²) in [5.74, 6) is 7.12. The molecule has 0 amide bonds. The molecule has 0 unspecified atom stereocenters. The van der Waals surface area contributed by atoms with Gasteiger partial charge in [-0.25, -0.2) is 0 Å². The van der Waals surface area contributed by atoms with E-state index in [1.807, 2.05) is 12.1 Å². The van der Waals surface area contributed by atoms with Crippen LogP contribution in [0.25, 0.3) is 0 Å². The summed E-state index contributed by atoms with van der Waals surface area (Å²) in [6.07, 6.45) is 1.99. The molecule has 0 fully saturated rings. The molecule has 2 rings (SSSR count). The zero-order chi connectivity index (χ0) is 10.8. The van der Waals surface area contributed by atoms with Crippen LogP contribution < -0.4 is 20.7 Å². The molecule has 0 aromatic heterocycles. The third-order valence-corrected chi connectivity index (χ3v) is 2.94. The van der Waals surface area contributed by atoms with E-state index in [4.69, 9.17) is 15.3 Å².